The van der Waals surface area contributed by atoms with Gasteiger partial charge in [0.1, 0.15) is 12.4 Å². The standard InChI is InChI=1S/C34H43NO8SSi/c1-7-26-21-29(36)31(42-26)22-28(32(37)35-25(23-41-33(35)38)20-24-14-10-8-11-15-24)30(43-45(5,6)34(2,3)4)18-19-44(39,40)27-16-12-9-13-17-27/h8-19,21,25,28,30-31H,7,20,22-23H2,1-6H3/b19-18+/t25-,28+,30+,31?/m0/s1. The summed E-state index contributed by atoms with van der Waals surface area (Å²) >= 11 is 0. The smallest absolute Gasteiger partial charge is 0.416 e. The topological polar surface area (TPSA) is 116 Å². The van der Waals surface area contributed by atoms with Crippen LogP contribution in [0.4, 0.5) is 4.79 Å². The van der Waals surface area contributed by atoms with E-state index in [1.165, 1.54) is 24.3 Å². The van der Waals surface area contributed by atoms with Gasteiger partial charge in [-0.25, -0.2) is 18.1 Å². The molecule has 0 aliphatic carbocycles. The molecule has 4 rings (SSSR count). The first kappa shape index (κ1) is 34.3. The van der Waals surface area contributed by atoms with E-state index in [1.807, 2.05) is 71.1 Å². The molecule has 2 amide bonds. The van der Waals surface area contributed by atoms with Gasteiger partial charge in [0.05, 0.1) is 23.0 Å². The first-order chi connectivity index (χ1) is 21.1. The molecule has 1 fully saturated rings. The maximum absolute atomic E-state index is 14.6. The molecule has 4 atom stereocenters. The zero-order valence-corrected chi connectivity index (χ0v) is 28.6. The van der Waals surface area contributed by atoms with E-state index < -0.39 is 54.3 Å². The number of nitrogens with zero attached hydrogens (tertiary/aromatic N) is 1. The van der Waals surface area contributed by atoms with Crippen LogP contribution in [0.2, 0.25) is 18.1 Å². The van der Waals surface area contributed by atoms with Crippen LogP contribution in [0.25, 0.3) is 0 Å². The highest BCUT2D eigenvalue weighted by molar-refractivity contribution is 7.94. The van der Waals surface area contributed by atoms with E-state index in [0.29, 0.717) is 18.6 Å². The molecule has 1 unspecified atom stereocenters. The minimum atomic E-state index is -3.91. The van der Waals surface area contributed by atoms with Crippen LogP contribution in [0.15, 0.2) is 88.9 Å². The molecule has 0 bridgehead atoms. The van der Waals surface area contributed by atoms with Crippen LogP contribution in [0.5, 0.6) is 0 Å². The lowest BCUT2D eigenvalue weighted by Gasteiger charge is -2.41. The van der Waals surface area contributed by atoms with Crippen LogP contribution in [-0.2, 0) is 39.7 Å². The summed E-state index contributed by atoms with van der Waals surface area (Å²) in [6.45, 7) is 12.0. The first-order valence-corrected chi connectivity index (χ1v) is 19.7. The third-order valence-electron chi connectivity index (χ3n) is 8.71. The van der Waals surface area contributed by atoms with Crippen LogP contribution in [0, 0.1) is 5.92 Å². The average Bonchev–Trinajstić information content (AvgIpc) is 3.54. The van der Waals surface area contributed by atoms with Crippen molar-refractivity contribution in [1.29, 1.82) is 0 Å². The molecule has 1 saturated heterocycles. The lowest BCUT2D eigenvalue weighted by atomic mass is 9.91. The van der Waals surface area contributed by atoms with Crippen molar-refractivity contribution >= 4 is 35.9 Å². The minimum Gasteiger partial charge on any atom is -0.486 e. The summed E-state index contributed by atoms with van der Waals surface area (Å²) in [5, 5.41) is 0.751. The second kappa shape index (κ2) is 13.8. The lowest BCUT2D eigenvalue weighted by Crippen LogP contribution is -2.51. The number of amides is 2. The Kier molecular flexibility index (Phi) is 10.6. The predicted octanol–water partition coefficient (Wildman–Crippen LogP) is 6.22. The van der Waals surface area contributed by atoms with Gasteiger partial charge >= 0.3 is 6.09 Å². The number of carbonyl (C=O) groups is 3. The molecule has 242 valence electrons. The van der Waals surface area contributed by atoms with Crippen LogP contribution in [0.1, 0.15) is 46.1 Å². The number of rotatable bonds is 12. The number of benzene rings is 2. The molecular weight excluding hydrogens is 611 g/mol. The molecule has 9 nitrogen and oxygen atoms in total. The van der Waals surface area contributed by atoms with E-state index in [2.05, 4.69) is 0 Å². The normalized spacial score (nSPS) is 20.6. The quantitative estimate of drug-likeness (QED) is 0.248. The first-order valence-electron chi connectivity index (χ1n) is 15.2. The van der Waals surface area contributed by atoms with Gasteiger partial charge in [0.25, 0.3) is 0 Å². The third kappa shape index (κ3) is 8.19. The van der Waals surface area contributed by atoms with E-state index in [0.717, 1.165) is 15.9 Å². The number of sulfone groups is 1. The summed E-state index contributed by atoms with van der Waals surface area (Å²) in [4.78, 5) is 41.9. The SMILES string of the molecule is CCC1=CC(=O)C(C[C@@H](C(=O)N2C(=O)OC[C@@H]2Cc2ccccc2)[C@@H](/C=C/S(=O)(=O)c2ccccc2)O[Si](C)(C)C(C)(C)C)O1. The van der Waals surface area contributed by atoms with Crippen LogP contribution in [-0.4, -0.2) is 64.3 Å². The molecule has 0 spiro atoms. The van der Waals surface area contributed by atoms with E-state index >= 15 is 0 Å². The van der Waals surface area contributed by atoms with E-state index in [9.17, 15) is 22.8 Å². The summed E-state index contributed by atoms with van der Waals surface area (Å²) < 4.78 is 44.7. The highest BCUT2D eigenvalue weighted by Gasteiger charge is 2.48. The van der Waals surface area contributed by atoms with Crippen molar-refractivity contribution < 1.29 is 36.7 Å². The van der Waals surface area contributed by atoms with E-state index in [1.54, 1.807) is 18.2 Å². The van der Waals surface area contributed by atoms with Crippen molar-refractivity contribution in [1.82, 2.24) is 4.90 Å². The third-order valence-corrected chi connectivity index (χ3v) is 14.6. The number of cyclic esters (lactones) is 1. The van der Waals surface area contributed by atoms with Gasteiger partial charge in [0.2, 0.25) is 5.91 Å². The molecular formula is C34H43NO8SSi. The van der Waals surface area contributed by atoms with Gasteiger partial charge in [-0.3, -0.25) is 9.59 Å². The van der Waals surface area contributed by atoms with E-state index in [-0.39, 0.29) is 28.7 Å². The van der Waals surface area contributed by atoms with Crippen molar-refractivity contribution in [3.63, 3.8) is 0 Å². The Labute approximate surface area is 267 Å². The largest absolute Gasteiger partial charge is 0.486 e. The Morgan fingerprint density at radius 2 is 1.69 bits per heavy atom. The summed E-state index contributed by atoms with van der Waals surface area (Å²) in [5.74, 6) is -1.53. The highest BCUT2D eigenvalue weighted by atomic mass is 32.2. The maximum atomic E-state index is 14.6. The molecule has 2 heterocycles. The number of hydrogen-bond acceptors (Lipinski definition) is 8. The molecule has 0 N–H and O–H groups in total. The summed E-state index contributed by atoms with van der Waals surface area (Å²) in [5.41, 5.74) is 0.921. The molecule has 45 heavy (non-hydrogen) atoms. The molecule has 0 aromatic heterocycles. The number of carbonyl (C=O) groups excluding carboxylic acids is 3. The fourth-order valence-corrected chi connectivity index (χ4v) is 7.40. The van der Waals surface area contributed by atoms with Gasteiger partial charge in [0.15, 0.2) is 30.0 Å². The number of imide groups is 1. The fraction of sp³-hybridized carbons (Fsp3) is 0.441. The summed E-state index contributed by atoms with van der Waals surface area (Å²) in [6.07, 6.45) is 0.697. The second-order valence-electron chi connectivity index (χ2n) is 13.0. The van der Waals surface area contributed by atoms with Gasteiger partial charge in [-0.05, 0) is 48.3 Å². The Balaban J connectivity index is 1.77. The average molecular weight is 654 g/mol. The van der Waals surface area contributed by atoms with Gasteiger partial charge in [-0.2, -0.15) is 0 Å². The van der Waals surface area contributed by atoms with Gasteiger partial charge in [-0.15, -0.1) is 0 Å². The van der Waals surface area contributed by atoms with Crippen LogP contribution >= 0.6 is 0 Å². The van der Waals surface area contributed by atoms with Crippen LogP contribution in [0.3, 0.4) is 0 Å². The Morgan fingerprint density at radius 1 is 1.07 bits per heavy atom. The highest BCUT2D eigenvalue weighted by Crippen LogP contribution is 2.40. The Morgan fingerprint density at radius 3 is 2.27 bits per heavy atom. The Bertz CT molecular complexity index is 1550. The van der Waals surface area contributed by atoms with E-state index in [4.69, 9.17) is 13.9 Å². The van der Waals surface area contributed by atoms with Crippen molar-refractivity contribution in [2.45, 2.75) is 88.2 Å². The van der Waals surface area contributed by atoms with Crippen molar-refractivity contribution in [2.24, 2.45) is 5.92 Å². The maximum Gasteiger partial charge on any atom is 0.416 e. The fourth-order valence-electron chi connectivity index (χ4n) is 5.07. The van der Waals surface area contributed by atoms with Gasteiger partial charge in [0, 0.05) is 24.3 Å². The van der Waals surface area contributed by atoms with Gasteiger partial charge in [-0.1, -0.05) is 76.2 Å². The molecule has 0 radical (unpaired) electrons. The second-order valence-corrected chi connectivity index (χ2v) is 19.6. The molecule has 2 aromatic carbocycles. The summed E-state index contributed by atoms with van der Waals surface area (Å²) in [7, 11) is -6.56. The molecule has 2 aromatic rings. The number of ketones is 1. The van der Waals surface area contributed by atoms with Crippen molar-refractivity contribution in [3.05, 3.63) is 89.5 Å². The van der Waals surface area contributed by atoms with Crippen molar-refractivity contribution in [3.8, 4) is 0 Å². The minimum absolute atomic E-state index is 0.0125. The number of allylic oxidation sites excluding steroid dienone is 1. The summed E-state index contributed by atoms with van der Waals surface area (Å²) in [6, 6.07) is 16.8. The zero-order chi connectivity index (χ0) is 33.0. The van der Waals surface area contributed by atoms with Crippen molar-refractivity contribution in [2.75, 3.05) is 6.61 Å². The number of ether oxygens (including phenoxy) is 2. The molecule has 0 saturated carbocycles. The Hall–Kier alpha value is -3.54. The van der Waals surface area contributed by atoms with Gasteiger partial charge < -0.3 is 13.9 Å². The zero-order valence-electron chi connectivity index (χ0n) is 26.8. The molecule has 11 heteroatoms. The predicted molar refractivity (Wildman–Crippen MR) is 173 cm³/mol. The van der Waals surface area contributed by atoms with Crippen LogP contribution < -0.4 is 0 Å². The number of hydrogen-bond donors (Lipinski definition) is 0. The monoisotopic (exact) mass is 653 g/mol. The lowest BCUT2D eigenvalue weighted by molar-refractivity contribution is -0.138. The molecule has 2 aliphatic rings. The molecule has 2 aliphatic heterocycles.